The van der Waals surface area contributed by atoms with Gasteiger partial charge in [0.15, 0.2) is 0 Å². The topological polar surface area (TPSA) is 16.8 Å². The molecule has 0 saturated heterocycles. The second kappa shape index (κ2) is 7.92. The molecule has 1 aliphatic rings. The van der Waals surface area contributed by atoms with Crippen LogP contribution in [0.15, 0.2) is 60.8 Å². The van der Waals surface area contributed by atoms with Crippen LogP contribution in [0.1, 0.15) is 54.0 Å². The van der Waals surface area contributed by atoms with Crippen LogP contribution in [0.3, 0.4) is 0 Å². The summed E-state index contributed by atoms with van der Waals surface area (Å²) in [6.45, 7) is 6.64. The van der Waals surface area contributed by atoms with Crippen LogP contribution in [0.2, 0.25) is 0 Å². The van der Waals surface area contributed by atoms with Gasteiger partial charge < -0.3 is 0 Å². The molecule has 2 aromatic carbocycles. The quantitative estimate of drug-likeness (QED) is 0.335. The Morgan fingerprint density at radius 1 is 0.871 bits per heavy atom. The van der Waals surface area contributed by atoms with Gasteiger partial charge in [-0.3, -0.25) is 4.98 Å². The van der Waals surface area contributed by atoms with Gasteiger partial charge >= 0.3 is 0 Å². The van der Waals surface area contributed by atoms with Crippen molar-refractivity contribution in [1.82, 2.24) is 4.98 Å². The summed E-state index contributed by atoms with van der Waals surface area (Å²) in [7, 11) is 2.19. The zero-order valence-electron chi connectivity index (χ0n) is 19.1. The molecular formula is C29H31N2+. The van der Waals surface area contributed by atoms with Gasteiger partial charge in [0.1, 0.15) is 7.05 Å². The summed E-state index contributed by atoms with van der Waals surface area (Å²) >= 11 is 0. The van der Waals surface area contributed by atoms with Crippen molar-refractivity contribution in [2.45, 2.75) is 52.4 Å². The van der Waals surface area contributed by atoms with Crippen LogP contribution in [-0.2, 0) is 7.05 Å². The highest BCUT2D eigenvalue weighted by Crippen LogP contribution is 2.37. The van der Waals surface area contributed by atoms with E-state index >= 15 is 0 Å². The number of hydrogen-bond donors (Lipinski definition) is 0. The van der Waals surface area contributed by atoms with Crippen molar-refractivity contribution >= 4 is 10.9 Å². The van der Waals surface area contributed by atoms with Crippen LogP contribution in [0.4, 0.5) is 0 Å². The Morgan fingerprint density at radius 3 is 2.39 bits per heavy atom. The largest absolute Gasteiger partial charge is 0.260 e. The van der Waals surface area contributed by atoms with Gasteiger partial charge in [0, 0.05) is 34.8 Å². The lowest BCUT2D eigenvalue weighted by molar-refractivity contribution is -0.633. The zero-order valence-corrected chi connectivity index (χ0v) is 19.1. The van der Waals surface area contributed by atoms with Crippen LogP contribution in [0.25, 0.3) is 33.3 Å². The third-order valence-electron chi connectivity index (χ3n) is 7.13. The van der Waals surface area contributed by atoms with Gasteiger partial charge in [0.05, 0.1) is 11.1 Å². The lowest BCUT2D eigenvalue weighted by Gasteiger charge is -2.15. The first kappa shape index (κ1) is 19.9. The molecule has 0 spiro atoms. The van der Waals surface area contributed by atoms with Gasteiger partial charge in [-0.2, -0.15) is 4.57 Å². The van der Waals surface area contributed by atoms with E-state index in [4.69, 9.17) is 4.98 Å². The van der Waals surface area contributed by atoms with E-state index in [1.165, 1.54) is 81.4 Å². The minimum atomic E-state index is 0.642. The highest BCUT2D eigenvalue weighted by Gasteiger charge is 2.24. The van der Waals surface area contributed by atoms with E-state index in [1.54, 1.807) is 0 Å². The molecule has 1 saturated carbocycles. The summed E-state index contributed by atoms with van der Waals surface area (Å²) in [4.78, 5) is 4.93. The van der Waals surface area contributed by atoms with E-state index in [1.807, 2.05) is 0 Å². The predicted octanol–water partition coefficient (Wildman–Crippen LogP) is 6.98. The molecule has 2 aromatic heterocycles. The molecule has 0 aliphatic heterocycles. The Kier molecular flexibility index (Phi) is 5.09. The van der Waals surface area contributed by atoms with Gasteiger partial charge in [-0.1, -0.05) is 42.7 Å². The SMILES string of the molecule is Cc1cc(C)c(C)c(-c2c(-c3ccc(C4CCCC4)nc3)cc3ccccc3[n+]2C)c1. The molecule has 2 nitrogen and oxygen atoms in total. The van der Waals surface area contributed by atoms with Gasteiger partial charge in [0.25, 0.3) is 0 Å². The standard InChI is InChI=1S/C29H31N2/c1-19-15-20(2)21(3)25(16-19)29-26(17-23-11-7-8-12-28(23)31(29)4)24-13-14-27(30-18-24)22-9-5-6-10-22/h7-8,11-18,22H,5-6,9-10H2,1-4H3/q+1. The molecule has 4 aromatic rings. The van der Waals surface area contributed by atoms with Crippen molar-refractivity contribution < 1.29 is 4.57 Å². The Balaban J connectivity index is 1.75. The highest BCUT2D eigenvalue weighted by atomic mass is 14.9. The number of aromatic nitrogens is 2. The number of aryl methyl sites for hydroxylation is 3. The molecule has 5 rings (SSSR count). The summed E-state index contributed by atoms with van der Waals surface area (Å²) < 4.78 is 2.36. The average Bonchev–Trinajstić information content (AvgIpc) is 3.32. The Labute approximate surface area is 185 Å². The van der Waals surface area contributed by atoms with E-state index in [9.17, 15) is 0 Å². The fourth-order valence-electron chi connectivity index (χ4n) is 5.30. The number of fused-ring (bicyclic) bond motifs is 1. The lowest BCUT2D eigenvalue weighted by atomic mass is 9.91. The first-order chi connectivity index (χ1) is 15.0. The van der Waals surface area contributed by atoms with Crippen molar-refractivity contribution in [3.63, 3.8) is 0 Å². The molecule has 0 radical (unpaired) electrons. The van der Waals surface area contributed by atoms with Crippen molar-refractivity contribution in [3.05, 3.63) is 83.2 Å². The first-order valence-corrected chi connectivity index (χ1v) is 11.5. The van der Waals surface area contributed by atoms with E-state index in [0.29, 0.717) is 5.92 Å². The summed E-state index contributed by atoms with van der Waals surface area (Å²) in [6.07, 6.45) is 7.34. The average molecular weight is 408 g/mol. The maximum atomic E-state index is 4.93. The van der Waals surface area contributed by atoms with Crippen LogP contribution in [0.5, 0.6) is 0 Å². The third-order valence-corrected chi connectivity index (χ3v) is 7.13. The minimum Gasteiger partial charge on any atom is -0.260 e. The second-order valence-corrected chi connectivity index (χ2v) is 9.23. The number of pyridine rings is 2. The second-order valence-electron chi connectivity index (χ2n) is 9.23. The van der Waals surface area contributed by atoms with Crippen molar-refractivity contribution in [3.8, 4) is 22.4 Å². The molecule has 0 bridgehead atoms. The molecule has 156 valence electrons. The molecule has 31 heavy (non-hydrogen) atoms. The van der Waals surface area contributed by atoms with Gasteiger partial charge in [-0.05, 0) is 69.0 Å². The fraction of sp³-hybridized carbons (Fsp3) is 0.310. The third kappa shape index (κ3) is 3.54. The monoisotopic (exact) mass is 407 g/mol. The van der Waals surface area contributed by atoms with E-state index in [-0.39, 0.29) is 0 Å². The highest BCUT2D eigenvalue weighted by molar-refractivity contribution is 5.89. The number of para-hydroxylation sites is 1. The van der Waals surface area contributed by atoms with Crippen molar-refractivity contribution in [1.29, 1.82) is 0 Å². The molecule has 1 aliphatic carbocycles. The molecule has 1 fully saturated rings. The molecule has 2 heterocycles. The summed E-state index contributed by atoms with van der Waals surface area (Å²) in [6, 6.07) is 20.2. The fourth-order valence-corrected chi connectivity index (χ4v) is 5.30. The van der Waals surface area contributed by atoms with Crippen LogP contribution < -0.4 is 4.57 Å². The Morgan fingerprint density at radius 2 is 1.65 bits per heavy atom. The van der Waals surface area contributed by atoms with Crippen molar-refractivity contribution in [2.75, 3.05) is 0 Å². The Hall–Kier alpha value is -3.00. The number of rotatable bonds is 3. The molecule has 0 atom stereocenters. The molecule has 0 amide bonds. The van der Waals surface area contributed by atoms with Crippen LogP contribution in [-0.4, -0.2) is 4.98 Å². The van der Waals surface area contributed by atoms with Gasteiger partial charge in [-0.15, -0.1) is 0 Å². The van der Waals surface area contributed by atoms with Crippen molar-refractivity contribution in [2.24, 2.45) is 7.05 Å². The summed E-state index contributed by atoms with van der Waals surface area (Å²) in [5, 5.41) is 1.26. The zero-order chi connectivity index (χ0) is 21.5. The predicted molar refractivity (Wildman–Crippen MR) is 129 cm³/mol. The maximum absolute atomic E-state index is 4.93. The Bertz CT molecular complexity index is 1260. The lowest BCUT2D eigenvalue weighted by Crippen LogP contribution is -2.33. The normalized spacial score (nSPS) is 14.5. The molecule has 2 heteroatoms. The smallest absolute Gasteiger partial charge is 0.221 e. The van der Waals surface area contributed by atoms with Gasteiger partial charge in [0.2, 0.25) is 11.2 Å². The molecule has 0 N–H and O–H groups in total. The molecule has 0 unspecified atom stereocenters. The number of hydrogen-bond acceptors (Lipinski definition) is 1. The minimum absolute atomic E-state index is 0.642. The van der Waals surface area contributed by atoms with Crippen LogP contribution >= 0.6 is 0 Å². The number of benzene rings is 2. The molecular weight excluding hydrogens is 376 g/mol. The van der Waals surface area contributed by atoms with E-state index < -0.39 is 0 Å². The maximum Gasteiger partial charge on any atom is 0.221 e. The number of nitrogens with zero attached hydrogens (tertiary/aromatic N) is 2. The van der Waals surface area contributed by atoms with E-state index in [2.05, 4.69) is 93.2 Å². The van der Waals surface area contributed by atoms with E-state index in [0.717, 1.165) is 0 Å². The summed E-state index contributed by atoms with van der Waals surface area (Å²) in [5.74, 6) is 0.642. The first-order valence-electron chi connectivity index (χ1n) is 11.5. The summed E-state index contributed by atoms with van der Waals surface area (Å²) in [5.41, 5.74) is 11.5. The van der Waals surface area contributed by atoms with Gasteiger partial charge in [-0.25, -0.2) is 0 Å². The van der Waals surface area contributed by atoms with Crippen LogP contribution in [0, 0.1) is 20.8 Å².